The maximum absolute atomic E-state index is 11.9. The van der Waals surface area contributed by atoms with Gasteiger partial charge in [0.25, 0.3) is 0 Å². The summed E-state index contributed by atoms with van der Waals surface area (Å²) in [7, 11) is 3.32. The van der Waals surface area contributed by atoms with Crippen molar-refractivity contribution in [2.45, 2.75) is 12.5 Å². The van der Waals surface area contributed by atoms with E-state index >= 15 is 0 Å². The van der Waals surface area contributed by atoms with Gasteiger partial charge < -0.3 is 0 Å². The minimum atomic E-state index is -1.09. The molecule has 0 bridgehead atoms. The first-order valence-corrected chi connectivity index (χ1v) is 14.0. The van der Waals surface area contributed by atoms with Gasteiger partial charge in [-0.2, -0.15) is 0 Å². The first-order valence-electron chi connectivity index (χ1n) is 9.44. The number of pyridine rings is 1. The summed E-state index contributed by atoms with van der Waals surface area (Å²) in [6.45, 7) is 0. The van der Waals surface area contributed by atoms with Gasteiger partial charge >= 0.3 is 187 Å². The number of carboxylic acid groups (broad SMARTS) is 1. The number of nitrogens with zero attached hydrogens (tertiary/aromatic N) is 3. The summed E-state index contributed by atoms with van der Waals surface area (Å²) < 4.78 is 7.09. The standard InChI is InChI=1S/C21H22ClIN4O3/c1-26-11-15(10-17(22)20(26)28)24-18(16-12-27(2)25-19(16)21(29)30)13-4-6-14(7-5-13)23-8-3-9-23/h4-7,10-12,18,24H,3,8-9H2,1-2H3,(H,29,30). The number of hydrogen-bond acceptors (Lipinski definition) is 4. The van der Waals surface area contributed by atoms with Crippen LogP contribution in [0.1, 0.15) is 34.1 Å². The van der Waals surface area contributed by atoms with E-state index in [0.717, 1.165) is 5.56 Å². The number of nitrogens with one attached hydrogen (secondary N) is 1. The molecule has 0 aliphatic carbocycles. The zero-order chi connectivity index (χ0) is 21.4. The van der Waals surface area contributed by atoms with Crippen molar-refractivity contribution in [3.05, 3.63) is 78.5 Å². The molecule has 1 unspecified atom stereocenters. The van der Waals surface area contributed by atoms with Gasteiger partial charge in [0.05, 0.1) is 0 Å². The molecule has 4 rings (SSSR count). The topological polar surface area (TPSA) is 89.2 Å². The van der Waals surface area contributed by atoms with E-state index in [1.165, 1.54) is 28.1 Å². The molecule has 158 valence electrons. The van der Waals surface area contributed by atoms with E-state index in [0.29, 0.717) is 11.3 Å². The van der Waals surface area contributed by atoms with Crippen LogP contribution in [0.15, 0.2) is 47.5 Å². The molecular formula is C21H22ClIN4O3. The molecule has 1 fully saturated rings. The molecule has 30 heavy (non-hydrogen) atoms. The van der Waals surface area contributed by atoms with Crippen LogP contribution in [0.4, 0.5) is 5.69 Å². The van der Waals surface area contributed by atoms with Crippen molar-refractivity contribution >= 4 is 43.1 Å². The number of halogens is 2. The molecule has 0 saturated carbocycles. The SMILES string of the molecule is Cn1cc(C(Nc2cc(Cl)c(=O)n(C)c2)c2ccc(I3CCC3)cc2)c(C(=O)O)n1. The normalized spacial score (nSPS) is 15.5. The molecule has 1 aromatic carbocycles. The first-order chi connectivity index (χ1) is 14.3. The summed E-state index contributed by atoms with van der Waals surface area (Å²) >= 11 is 5.12. The van der Waals surface area contributed by atoms with Gasteiger partial charge in [0.15, 0.2) is 0 Å². The number of anilines is 1. The van der Waals surface area contributed by atoms with Crippen LogP contribution in [0.2, 0.25) is 5.02 Å². The van der Waals surface area contributed by atoms with E-state index < -0.39 is 31.8 Å². The zero-order valence-corrected chi connectivity index (χ0v) is 19.5. The molecule has 1 aliphatic heterocycles. The van der Waals surface area contributed by atoms with Gasteiger partial charge in [0.1, 0.15) is 0 Å². The van der Waals surface area contributed by atoms with Crippen LogP contribution in [0.5, 0.6) is 0 Å². The van der Waals surface area contributed by atoms with E-state index in [9.17, 15) is 14.7 Å². The Labute approximate surface area is 186 Å². The number of carbonyl (C=O) groups is 1. The summed E-state index contributed by atoms with van der Waals surface area (Å²) in [4.78, 5) is 23.7. The third-order valence-corrected chi connectivity index (χ3v) is 11.9. The molecule has 1 atom stereocenters. The molecular weight excluding hydrogens is 519 g/mol. The minimum absolute atomic E-state index is 0.00967. The Bertz CT molecular complexity index is 1130. The predicted octanol–water partition coefficient (Wildman–Crippen LogP) is 3.75. The molecule has 7 nitrogen and oxygen atoms in total. The average molecular weight is 541 g/mol. The summed E-state index contributed by atoms with van der Waals surface area (Å²) in [5, 5.41) is 17.2. The van der Waals surface area contributed by atoms with Crippen LogP contribution in [0.3, 0.4) is 0 Å². The number of aromatic carboxylic acids is 1. The van der Waals surface area contributed by atoms with Crippen LogP contribution >= 0.6 is 31.4 Å². The second kappa shape index (κ2) is 8.43. The fourth-order valence-electron chi connectivity index (χ4n) is 3.46. The molecule has 1 aliphatic rings. The average Bonchev–Trinajstić information content (AvgIpc) is 3.05. The molecule has 0 amide bonds. The van der Waals surface area contributed by atoms with Crippen LogP contribution in [0, 0.1) is 3.57 Å². The van der Waals surface area contributed by atoms with Gasteiger partial charge in [0, 0.05) is 0 Å². The van der Waals surface area contributed by atoms with Crippen LogP contribution in [-0.2, 0) is 14.1 Å². The second-order valence-electron chi connectivity index (χ2n) is 7.22. The van der Waals surface area contributed by atoms with Crippen LogP contribution in [0.25, 0.3) is 0 Å². The number of hydrogen-bond donors (Lipinski definition) is 2. The second-order valence-corrected chi connectivity index (χ2v) is 13.6. The number of alkyl halides is 2. The Kier molecular flexibility index (Phi) is 5.88. The summed E-state index contributed by atoms with van der Waals surface area (Å²) in [5.74, 6) is -1.09. The van der Waals surface area contributed by atoms with Gasteiger partial charge in [-0.1, -0.05) is 0 Å². The number of carboxylic acids is 1. The Morgan fingerprint density at radius 1 is 1.23 bits per heavy atom. The van der Waals surface area contributed by atoms with E-state index in [1.807, 2.05) is 0 Å². The summed E-state index contributed by atoms with van der Waals surface area (Å²) in [6, 6.07) is 9.58. The number of aromatic nitrogens is 3. The summed E-state index contributed by atoms with van der Waals surface area (Å²) in [5.41, 5.74) is 1.79. The Morgan fingerprint density at radius 3 is 2.50 bits per heavy atom. The molecule has 1 saturated heterocycles. The van der Waals surface area contributed by atoms with Gasteiger partial charge in [-0.15, -0.1) is 0 Å². The third-order valence-electron chi connectivity index (χ3n) is 5.06. The van der Waals surface area contributed by atoms with Crippen molar-refractivity contribution in [2.24, 2.45) is 14.1 Å². The van der Waals surface area contributed by atoms with Crippen molar-refractivity contribution in [3.63, 3.8) is 0 Å². The molecule has 0 spiro atoms. The van der Waals surface area contributed by atoms with Gasteiger partial charge in [0.2, 0.25) is 0 Å². The van der Waals surface area contributed by atoms with Crippen LogP contribution in [-0.4, -0.2) is 34.3 Å². The van der Waals surface area contributed by atoms with Crippen molar-refractivity contribution in [1.29, 1.82) is 0 Å². The monoisotopic (exact) mass is 540 g/mol. The molecule has 9 heteroatoms. The molecule has 0 radical (unpaired) electrons. The number of benzene rings is 1. The number of rotatable bonds is 6. The van der Waals surface area contributed by atoms with Crippen molar-refractivity contribution < 1.29 is 9.90 Å². The van der Waals surface area contributed by atoms with Crippen molar-refractivity contribution in [1.82, 2.24) is 14.3 Å². The van der Waals surface area contributed by atoms with Crippen LogP contribution < -0.4 is 10.9 Å². The molecule has 2 N–H and O–H groups in total. The fraction of sp³-hybridized carbons (Fsp3) is 0.286. The zero-order valence-electron chi connectivity index (χ0n) is 16.6. The Balaban J connectivity index is 1.77. The van der Waals surface area contributed by atoms with E-state index in [2.05, 4.69) is 34.7 Å². The quantitative estimate of drug-likeness (QED) is 0.367. The van der Waals surface area contributed by atoms with Gasteiger partial charge in [-0.25, -0.2) is 0 Å². The molecule has 3 aromatic rings. The van der Waals surface area contributed by atoms with Crippen molar-refractivity contribution in [2.75, 3.05) is 14.2 Å². The van der Waals surface area contributed by atoms with E-state index in [1.54, 1.807) is 32.6 Å². The van der Waals surface area contributed by atoms with E-state index in [4.69, 9.17) is 11.6 Å². The van der Waals surface area contributed by atoms with E-state index in [-0.39, 0.29) is 16.3 Å². The molecule has 2 aromatic heterocycles. The third kappa shape index (κ3) is 4.11. The maximum atomic E-state index is 11.9. The Morgan fingerprint density at radius 2 is 1.93 bits per heavy atom. The van der Waals surface area contributed by atoms with Gasteiger partial charge in [-0.05, 0) is 0 Å². The summed E-state index contributed by atoms with van der Waals surface area (Å²) in [6.07, 6.45) is 4.69. The Hall–Kier alpha value is -2.33. The molecule has 3 heterocycles. The predicted molar refractivity (Wildman–Crippen MR) is 126 cm³/mol. The van der Waals surface area contributed by atoms with Crippen molar-refractivity contribution in [3.8, 4) is 0 Å². The number of aryl methyl sites for hydroxylation is 2. The fourth-order valence-corrected chi connectivity index (χ4v) is 7.86. The first kappa shape index (κ1) is 20.9. The van der Waals surface area contributed by atoms with Gasteiger partial charge in [-0.3, -0.25) is 0 Å².